The van der Waals surface area contributed by atoms with Crippen molar-refractivity contribution in [2.45, 2.75) is 44.6 Å². The van der Waals surface area contributed by atoms with Crippen LogP contribution in [0.1, 0.15) is 44.9 Å². The number of hydrogen-bond donors (Lipinski definition) is 2. The average Bonchev–Trinajstić information content (AvgIpc) is 3.07. The Balaban J connectivity index is 1.98. The van der Waals surface area contributed by atoms with E-state index < -0.39 is 5.54 Å². The maximum Gasteiger partial charge on any atom is 0.315 e. The van der Waals surface area contributed by atoms with Gasteiger partial charge < -0.3 is 10.6 Å². The minimum absolute atomic E-state index is 0.169. The number of nitrogens with zero attached hydrogens (tertiary/aromatic N) is 4. The Kier molecular flexibility index (Phi) is 4.55. The SMILES string of the molecule is CCNC(=O)NC1(c2nnnn2-c2ccccc2)CCCCC1. The largest absolute Gasteiger partial charge is 0.338 e. The van der Waals surface area contributed by atoms with Gasteiger partial charge in [-0.15, -0.1) is 5.10 Å². The highest BCUT2D eigenvalue weighted by atomic mass is 16.2. The van der Waals surface area contributed by atoms with Crippen LogP contribution in [0.25, 0.3) is 5.69 Å². The van der Waals surface area contributed by atoms with Gasteiger partial charge in [0.2, 0.25) is 0 Å². The van der Waals surface area contributed by atoms with Gasteiger partial charge in [0.1, 0.15) is 5.54 Å². The summed E-state index contributed by atoms with van der Waals surface area (Å²) >= 11 is 0. The Morgan fingerprint density at radius 2 is 1.96 bits per heavy atom. The average molecular weight is 314 g/mol. The van der Waals surface area contributed by atoms with E-state index in [4.69, 9.17) is 0 Å². The first kappa shape index (κ1) is 15.5. The lowest BCUT2D eigenvalue weighted by molar-refractivity contribution is 0.195. The minimum atomic E-state index is -0.517. The molecule has 122 valence electrons. The first-order valence-corrected chi connectivity index (χ1v) is 8.15. The number of rotatable bonds is 4. The van der Waals surface area contributed by atoms with Gasteiger partial charge in [-0.05, 0) is 42.3 Å². The number of benzene rings is 1. The van der Waals surface area contributed by atoms with Crippen LogP contribution in [0, 0.1) is 0 Å². The predicted molar refractivity (Wildman–Crippen MR) is 86.1 cm³/mol. The molecule has 0 saturated heterocycles. The van der Waals surface area contributed by atoms with Gasteiger partial charge in [-0.1, -0.05) is 37.5 Å². The van der Waals surface area contributed by atoms with Gasteiger partial charge in [0, 0.05) is 6.54 Å². The van der Waals surface area contributed by atoms with E-state index in [2.05, 4.69) is 26.2 Å². The van der Waals surface area contributed by atoms with Crippen LogP contribution in [0.3, 0.4) is 0 Å². The minimum Gasteiger partial charge on any atom is -0.338 e. The molecule has 7 heteroatoms. The van der Waals surface area contributed by atoms with Crippen molar-refractivity contribution in [1.82, 2.24) is 30.8 Å². The van der Waals surface area contributed by atoms with Crippen LogP contribution < -0.4 is 10.6 Å². The quantitative estimate of drug-likeness (QED) is 0.905. The molecule has 1 heterocycles. The maximum absolute atomic E-state index is 12.2. The summed E-state index contributed by atoms with van der Waals surface area (Å²) in [7, 11) is 0. The highest BCUT2D eigenvalue weighted by molar-refractivity contribution is 5.74. The van der Waals surface area contributed by atoms with Crippen LogP contribution in [0.4, 0.5) is 4.79 Å². The first-order valence-electron chi connectivity index (χ1n) is 8.15. The molecule has 3 rings (SSSR count). The molecule has 1 aromatic heterocycles. The van der Waals surface area contributed by atoms with Gasteiger partial charge in [0.25, 0.3) is 0 Å². The highest BCUT2D eigenvalue weighted by Gasteiger charge is 2.40. The Bertz CT molecular complexity index is 648. The number of carbonyl (C=O) groups excluding carboxylic acids is 1. The Labute approximate surface area is 135 Å². The van der Waals surface area contributed by atoms with E-state index in [1.165, 1.54) is 6.42 Å². The van der Waals surface area contributed by atoms with Gasteiger partial charge in [-0.2, -0.15) is 4.68 Å². The van der Waals surface area contributed by atoms with E-state index in [0.717, 1.165) is 31.4 Å². The lowest BCUT2D eigenvalue weighted by Gasteiger charge is -2.36. The molecule has 1 aliphatic rings. The number of para-hydroxylation sites is 1. The summed E-state index contributed by atoms with van der Waals surface area (Å²) in [6.07, 6.45) is 4.96. The molecule has 0 unspecified atom stereocenters. The summed E-state index contributed by atoms with van der Waals surface area (Å²) in [6.45, 7) is 2.49. The first-order chi connectivity index (χ1) is 11.2. The lowest BCUT2D eigenvalue weighted by atomic mass is 9.81. The maximum atomic E-state index is 12.2. The standard InChI is InChI=1S/C16H22N6O/c1-2-17-15(23)18-16(11-7-4-8-12-16)14-19-20-21-22(14)13-9-5-3-6-10-13/h3,5-6,9-10H,2,4,7-8,11-12H2,1H3,(H2,17,18,23). The van der Waals surface area contributed by atoms with Crippen LogP contribution in [-0.4, -0.2) is 32.8 Å². The molecular formula is C16H22N6O. The smallest absolute Gasteiger partial charge is 0.315 e. The molecule has 1 aliphatic carbocycles. The summed E-state index contributed by atoms with van der Waals surface area (Å²) in [5, 5.41) is 18.2. The van der Waals surface area contributed by atoms with Gasteiger partial charge >= 0.3 is 6.03 Å². The second kappa shape index (κ2) is 6.76. The number of hydrogen-bond acceptors (Lipinski definition) is 4. The van der Waals surface area contributed by atoms with Crippen molar-refractivity contribution in [3.63, 3.8) is 0 Å². The van der Waals surface area contributed by atoms with Crippen molar-refractivity contribution < 1.29 is 4.79 Å². The third kappa shape index (κ3) is 3.18. The monoisotopic (exact) mass is 314 g/mol. The fourth-order valence-electron chi connectivity index (χ4n) is 3.21. The molecule has 2 N–H and O–H groups in total. The second-order valence-corrected chi connectivity index (χ2v) is 5.88. The zero-order chi connectivity index (χ0) is 16.1. The number of tetrazole rings is 1. The molecule has 0 radical (unpaired) electrons. The van der Waals surface area contributed by atoms with E-state index in [1.54, 1.807) is 4.68 Å². The number of carbonyl (C=O) groups is 1. The molecule has 7 nitrogen and oxygen atoms in total. The molecule has 0 spiro atoms. The van der Waals surface area contributed by atoms with E-state index in [-0.39, 0.29) is 6.03 Å². The van der Waals surface area contributed by atoms with Gasteiger partial charge in [0.15, 0.2) is 5.82 Å². The van der Waals surface area contributed by atoms with Crippen molar-refractivity contribution >= 4 is 6.03 Å². The summed E-state index contributed by atoms with van der Waals surface area (Å²) in [6, 6.07) is 9.61. The van der Waals surface area contributed by atoms with Crippen LogP contribution in [-0.2, 0) is 5.54 Å². The zero-order valence-corrected chi connectivity index (χ0v) is 13.3. The molecular weight excluding hydrogens is 292 g/mol. The second-order valence-electron chi connectivity index (χ2n) is 5.88. The van der Waals surface area contributed by atoms with Crippen LogP contribution in [0.2, 0.25) is 0 Å². The van der Waals surface area contributed by atoms with Crippen LogP contribution in [0.15, 0.2) is 30.3 Å². The number of amides is 2. The third-order valence-corrected chi connectivity index (χ3v) is 4.30. The van der Waals surface area contributed by atoms with E-state index in [1.807, 2.05) is 37.3 Å². The zero-order valence-electron chi connectivity index (χ0n) is 13.3. The normalized spacial score (nSPS) is 16.7. The molecule has 2 amide bonds. The van der Waals surface area contributed by atoms with Crippen molar-refractivity contribution in [1.29, 1.82) is 0 Å². The van der Waals surface area contributed by atoms with Gasteiger partial charge in [-0.3, -0.25) is 0 Å². The Morgan fingerprint density at radius 1 is 1.22 bits per heavy atom. The number of nitrogens with one attached hydrogen (secondary N) is 2. The molecule has 1 aromatic carbocycles. The topological polar surface area (TPSA) is 84.7 Å². The van der Waals surface area contributed by atoms with E-state index >= 15 is 0 Å². The van der Waals surface area contributed by atoms with Crippen molar-refractivity contribution in [2.75, 3.05) is 6.54 Å². The predicted octanol–water partition coefficient (Wildman–Crippen LogP) is 2.14. The molecule has 0 bridgehead atoms. The third-order valence-electron chi connectivity index (χ3n) is 4.30. The van der Waals surface area contributed by atoms with Gasteiger partial charge in [-0.25, -0.2) is 4.79 Å². The Hall–Kier alpha value is -2.44. The van der Waals surface area contributed by atoms with Crippen molar-refractivity contribution in [3.8, 4) is 5.69 Å². The van der Waals surface area contributed by atoms with Crippen LogP contribution >= 0.6 is 0 Å². The van der Waals surface area contributed by atoms with E-state index in [0.29, 0.717) is 12.4 Å². The molecule has 0 atom stereocenters. The summed E-state index contributed by atoms with van der Waals surface area (Å²) in [5.41, 5.74) is 0.381. The van der Waals surface area contributed by atoms with Crippen molar-refractivity contribution in [3.05, 3.63) is 36.2 Å². The fourth-order valence-corrected chi connectivity index (χ4v) is 3.21. The van der Waals surface area contributed by atoms with Gasteiger partial charge in [0.05, 0.1) is 5.69 Å². The summed E-state index contributed by atoms with van der Waals surface area (Å²) < 4.78 is 1.73. The molecule has 2 aromatic rings. The molecule has 23 heavy (non-hydrogen) atoms. The number of urea groups is 1. The lowest BCUT2D eigenvalue weighted by Crippen LogP contribution is -2.52. The highest BCUT2D eigenvalue weighted by Crippen LogP contribution is 2.36. The summed E-state index contributed by atoms with van der Waals surface area (Å²) in [4.78, 5) is 12.2. The molecule has 1 fully saturated rings. The van der Waals surface area contributed by atoms with Crippen LogP contribution in [0.5, 0.6) is 0 Å². The van der Waals surface area contributed by atoms with E-state index in [9.17, 15) is 4.79 Å². The molecule has 1 saturated carbocycles. The Morgan fingerprint density at radius 3 is 2.65 bits per heavy atom. The molecule has 0 aliphatic heterocycles. The van der Waals surface area contributed by atoms with Crippen molar-refractivity contribution in [2.24, 2.45) is 0 Å². The fraction of sp³-hybridized carbons (Fsp3) is 0.500. The summed E-state index contributed by atoms with van der Waals surface area (Å²) in [5.74, 6) is 0.703. The number of aromatic nitrogens is 4.